The van der Waals surface area contributed by atoms with Gasteiger partial charge in [0.1, 0.15) is 5.75 Å². The minimum Gasteiger partial charge on any atom is -0.281 e. The number of carbonyl (C=O) groups is 1. The summed E-state index contributed by atoms with van der Waals surface area (Å²) in [4.78, 5) is 23.8. The monoisotopic (exact) mass is 465 g/mol. The largest absolute Gasteiger partial charge is 0.281 e. The number of hydrogen-bond acceptors (Lipinski definition) is 6. The van der Waals surface area contributed by atoms with Gasteiger partial charge in [-0.25, -0.2) is 13.4 Å². The molecule has 8 heteroatoms. The SMILES string of the molecule is Cc1ccc(S(=O)(=O)CC(=O)N(Cc2ccccn2)c2nc3cc(C)cc(C)c3s2)cc1. The van der Waals surface area contributed by atoms with Crippen molar-refractivity contribution in [3.05, 3.63) is 83.2 Å². The summed E-state index contributed by atoms with van der Waals surface area (Å²) in [5.74, 6) is -1.18. The topological polar surface area (TPSA) is 80.2 Å². The van der Waals surface area contributed by atoms with E-state index in [1.54, 1.807) is 30.5 Å². The first-order valence-electron chi connectivity index (χ1n) is 10.1. The maximum absolute atomic E-state index is 13.3. The van der Waals surface area contributed by atoms with Gasteiger partial charge in [-0.3, -0.25) is 14.7 Å². The second-order valence-electron chi connectivity index (χ2n) is 7.80. The van der Waals surface area contributed by atoms with Gasteiger partial charge in [0.15, 0.2) is 15.0 Å². The molecule has 164 valence electrons. The Bertz CT molecular complexity index is 1380. The lowest BCUT2D eigenvalue weighted by atomic mass is 10.1. The minimum absolute atomic E-state index is 0.130. The van der Waals surface area contributed by atoms with Gasteiger partial charge in [-0.2, -0.15) is 0 Å². The van der Waals surface area contributed by atoms with E-state index in [9.17, 15) is 13.2 Å². The van der Waals surface area contributed by atoms with Gasteiger partial charge >= 0.3 is 0 Å². The van der Waals surface area contributed by atoms with Crippen molar-refractivity contribution in [1.82, 2.24) is 9.97 Å². The number of pyridine rings is 1. The molecule has 4 aromatic rings. The first-order chi connectivity index (χ1) is 15.2. The number of aromatic nitrogens is 2. The molecule has 0 aliphatic rings. The molecule has 32 heavy (non-hydrogen) atoms. The molecular weight excluding hydrogens is 442 g/mol. The second kappa shape index (κ2) is 8.80. The molecule has 0 radical (unpaired) electrons. The zero-order valence-corrected chi connectivity index (χ0v) is 19.7. The van der Waals surface area contributed by atoms with Crippen LogP contribution in [0.3, 0.4) is 0 Å². The first kappa shape index (κ1) is 22.1. The van der Waals surface area contributed by atoms with Crippen molar-refractivity contribution in [2.24, 2.45) is 0 Å². The summed E-state index contributed by atoms with van der Waals surface area (Å²) in [5.41, 5.74) is 4.55. The van der Waals surface area contributed by atoms with Crippen molar-refractivity contribution < 1.29 is 13.2 Å². The summed E-state index contributed by atoms with van der Waals surface area (Å²) >= 11 is 1.38. The van der Waals surface area contributed by atoms with Crippen molar-refractivity contribution in [2.75, 3.05) is 10.7 Å². The number of fused-ring (bicyclic) bond motifs is 1. The van der Waals surface area contributed by atoms with Crippen LogP contribution in [0.1, 0.15) is 22.4 Å². The molecule has 0 unspecified atom stereocenters. The summed E-state index contributed by atoms with van der Waals surface area (Å²) in [6.07, 6.45) is 1.65. The van der Waals surface area contributed by atoms with Crippen LogP contribution in [0.4, 0.5) is 5.13 Å². The predicted molar refractivity (Wildman–Crippen MR) is 128 cm³/mol. The number of thiazole rings is 1. The molecule has 2 heterocycles. The van der Waals surface area contributed by atoms with Gasteiger partial charge in [-0.05, 0) is 62.2 Å². The molecule has 4 rings (SSSR count). The lowest BCUT2D eigenvalue weighted by Gasteiger charge is -2.19. The molecule has 2 aromatic carbocycles. The number of aryl methyl sites for hydroxylation is 3. The fourth-order valence-corrected chi connectivity index (χ4v) is 5.70. The Labute approximate surface area is 191 Å². The molecule has 0 saturated heterocycles. The van der Waals surface area contributed by atoms with Crippen LogP contribution in [0.15, 0.2) is 65.7 Å². The molecule has 0 aliphatic carbocycles. The number of carbonyl (C=O) groups excluding carboxylic acids is 1. The average molecular weight is 466 g/mol. The van der Waals surface area contributed by atoms with E-state index in [2.05, 4.69) is 16.0 Å². The van der Waals surface area contributed by atoms with Gasteiger partial charge in [0.2, 0.25) is 5.91 Å². The molecule has 0 spiro atoms. The molecule has 1 amide bonds. The summed E-state index contributed by atoms with van der Waals surface area (Å²) in [6, 6.07) is 16.0. The third-order valence-corrected chi connectivity index (χ3v) is 7.93. The fraction of sp³-hybridized carbons (Fsp3) is 0.208. The van der Waals surface area contributed by atoms with Crippen LogP contribution in [0.5, 0.6) is 0 Å². The highest BCUT2D eigenvalue weighted by Gasteiger charge is 2.27. The van der Waals surface area contributed by atoms with E-state index in [1.807, 2.05) is 32.9 Å². The standard InChI is InChI=1S/C24H23N3O3S2/c1-16-7-9-20(10-8-16)32(29,30)15-22(28)27(14-19-6-4-5-11-25-19)24-26-21-13-17(2)12-18(3)23(21)31-24/h4-13H,14-15H2,1-3H3. The van der Waals surface area contributed by atoms with Gasteiger partial charge in [0, 0.05) is 6.20 Å². The molecule has 0 saturated carbocycles. The zero-order chi connectivity index (χ0) is 22.9. The number of hydrogen-bond donors (Lipinski definition) is 0. The van der Waals surface area contributed by atoms with Crippen LogP contribution in [0.2, 0.25) is 0 Å². The molecule has 0 bridgehead atoms. The summed E-state index contributed by atoms with van der Waals surface area (Å²) < 4.78 is 26.8. The maximum Gasteiger partial charge on any atom is 0.244 e. The smallest absolute Gasteiger partial charge is 0.244 e. The van der Waals surface area contributed by atoms with Crippen molar-refractivity contribution in [3.8, 4) is 0 Å². The van der Waals surface area contributed by atoms with Crippen LogP contribution >= 0.6 is 11.3 Å². The Kier molecular flexibility index (Phi) is 6.08. The number of sulfone groups is 1. The molecule has 2 aromatic heterocycles. The molecular formula is C24H23N3O3S2. The van der Waals surface area contributed by atoms with Crippen LogP contribution < -0.4 is 4.90 Å². The van der Waals surface area contributed by atoms with Gasteiger partial charge in [-0.1, -0.05) is 41.2 Å². The van der Waals surface area contributed by atoms with E-state index in [0.717, 1.165) is 26.9 Å². The number of amides is 1. The van der Waals surface area contributed by atoms with Crippen molar-refractivity contribution >= 4 is 42.4 Å². The Morgan fingerprint density at radius 1 is 1.00 bits per heavy atom. The van der Waals surface area contributed by atoms with Gasteiger partial charge in [0.25, 0.3) is 0 Å². The van der Waals surface area contributed by atoms with Crippen molar-refractivity contribution in [3.63, 3.8) is 0 Å². The summed E-state index contributed by atoms with van der Waals surface area (Å²) in [5, 5.41) is 0.462. The third kappa shape index (κ3) is 4.71. The highest BCUT2D eigenvalue weighted by atomic mass is 32.2. The predicted octanol–water partition coefficient (Wildman–Crippen LogP) is 4.62. The summed E-state index contributed by atoms with van der Waals surface area (Å²) in [6.45, 7) is 6.02. The van der Waals surface area contributed by atoms with E-state index in [0.29, 0.717) is 10.8 Å². The Hall–Kier alpha value is -3.10. The highest BCUT2D eigenvalue weighted by molar-refractivity contribution is 7.92. The molecule has 0 N–H and O–H groups in total. The van der Waals surface area contributed by atoms with Gasteiger partial charge in [-0.15, -0.1) is 0 Å². The Morgan fingerprint density at radius 2 is 1.75 bits per heavy atom. The molecule has 0 atom stereocenters. The summed E-state index contributed by atoms with van der Waals surface area (Å²) in [7, 11) is -3.80. The lowest BCUT2D eigenvalue weighted by molar-refractivity contribution is -0.116. The highest BCUT2D eigenvalue weighted by Crippen LogP contribution is 2.33. The van der Waals surface area contributed by atoms with E-state index in [4.69, 9.17) is 0 Å². The number of benzene rings is 2. The Morgan fingerprint density at radius 3 is 2.44 bits per heavy atom. The normalized spacial score (nSPS) is 11.6. The lowest BCUT2D eigenvalue weighted by Crippen LogP contribution is -2.35. The number of anilines is 1. The Balaban J connectivity index is 1.71. The van der Waals surface area contributed by atoms with Crippen LogP contribution in [0.25, 0.3) is 10.2 Å². The fourth-order valence-electron chi connectivity index (χ4n) is 3.47. The molecule has 0 aliphatic heterocycles. The van der Waals surface area contributed by atoms with E-state index in [1.165, 1.54) is 28.4 Å². The quantitative estimate of drug-likeness (QED) is 0.415. The maximum atomic E-state index is 13.3. The van der Waals surface area contributed by atoms with Crippen molar-refractivity contribution in [2.45, 2.75) is 32.2 Å². The van der Waals surface area contributed by atoms with Gasteiger partial charge < -0.3 is 0 Å². The van der Waals surface area contributed by atoms with E-state index >= 15 is 0 Å². The number of nitrogens with zero attached hydrogens (tertiary/aromatic N) is 3. The van der Waals surface area contributed by atoms with Crippen LogP contribution in [-0.2, 0) is 21.2 Å². The van der Waals surface area contributed by atoms with E-state index < -0.39 is 21.5 Å². The van der Waals surface area contributed by atoms with Crippen LogP contribution in [0, 0.1) is 20.8 Å². The van der Waals surface area contributed by atoms with E-state index in [-0.39, 0.29) is 11.4 Å². The average Bonchev–Trinajstić information content (AvgIpc) is 3.16. The zero-order valence-electron chi connectivity index (χ0n) is 18.1. The second-order valence-corrected chi connectivity index (χ2v) is 10.8. The molecule has 6 nitrogen and oxygen atoms in total. The van der Waals surface area contributed by atoms with Crippen molar-refractivity contribution in [1.29, 1.82) is 0 Å². The minimum atomic E-state index is -3.80. The molecule has 0 fully saturated rings. The van der Waals surface area contributed by atoms with Gasteiger partial charge in [0.05, 0.1) is 27.4 Å². The van der Waals surface area contributed by atoms with Crippen LogP contribution in [-0.4, -0.2) is 30.0 Å². The first-order valence-corrected chi connectivity index (χ1v) is 12.6. The third-order valence-electron chi connectivity index (χ3n) is 5.08. The number of rotatable bonds is 6.